The maximum atomic E-state index is 7.06. The molecule has 4 unspecified atom stereocenters. The number of nitrogens with one attached hydrogen (secondary N) is 2. The molecule has 0 amide bonds. The Balaban J connectivity index is 1.19. The maximum Gasteiger partial charge on any atom is 0.0765 e. The summed E-state index contributed by atoms with van der Waals surface area (Å²) in [5.74, 6) is 4.62. The summed E-state index contributed by atoms with van der Waals surface area (Å²) in [7, 11) is 0. The molecule has 2 saturated heterocycles. The summed E-state index contributed by atoms with van der Waals surface area (Å²) in [5, 5.41) is 11.6. The largest absolute Gasteiger partial charge is 0.369 e. The highest BCUT2D eigenvalue weighted by atomic mass is 16.5. The van der Waals surface area contributed by atoms with Crippen molar-refractivity contribution in [2.24, 2.45) is 35.0 Å². The standard InChI is InChI=1S/C29H43N3O/c1-16-11-26-27(30-14-16)18(3)29(33-26)10-7-19-20-5-6-23-22-15-31-32-25(22)8-9-28(23,4)24(20)12-21(19)17(2)13-29/h15-16,18-20,23-24,26-27,30H,5-14H2,1-4H3,(H,31,32)/t16-,18?,19?,20?,23+,24-,26?,27-,28-,29-/m0/s1. The smallest absolute Gasteiger partial charge is 0.0765 e. The molecule has 4 fully saturated rings. The topological polar surface area (TPSA) is 49.9 Å². The quantitative estimate of drug-likeness (QED) is 0.495. The van der Waals surface area contributed by atoms with Gasteiger partial charge >= 0.3 is 0 Å². The third kappa shape index (κ3) is 2.86. The molecule has 2 N–H and O–H groups in total. The molecule has 180 valence electrons. The first kappa shape index (κ1) is 21.2. The number of fused-ring (bicyclic) bond motifs is 8. The number of hydrogen-bond acceptors (Lipinski definition) is 3. The summed E-state index contributed by atoms with van der Waals surface area (Å²) in [6.45, 7) is 11.2. The van der Waals surface area contributed by atoms with E-state index in [9.17, 15) is 0 Å². The zero-order valence-corrected chi connectivity index (χ0v) is 21.1. The third-order valence-corrected chi connectivity index (χ3v) is 11.9. The number of ether oxygens (including phenoxy) is 1. The van der Waals surface area contributed by atoms with Crippen LogP contribution in [0.5, 0.6) is 0 Å². The number of H-pyrrole nitrogens is 1. The maximum absolute atomic E-state index is 7.06. The molecule has 10 atom stereocenters. The lowest BCUT2D eigenvalue weighted by molar-refractivity contribution is -0.0727. The van der Waals surface area contributed by atoms with E-state index in [0.717, 1.165) is 30.2 Å². The van der Waals surface area contributed by atoms with Gasteiger partial charge in [0.15, 0.2) is 0 Å². The van der Waals surface area contributed by atoms with Crippen molar-refractivity contribution in [2.45, 2.75) is 109 Å². The van der Waals surface area contributed by atoms with Crippen LogP contribution < -0.4 is 5.32 Å². The van der Waals surface area contributed by atoms with Crippen LogP contribution in [0.15, 0.2) is 17.3 Å². The second-order valence-electron chi connectivity index (χ2n) is 13.3. The zero-order valence-electron chi connectivity index (χ0n) is 21.1. The lowest BCUT2D eigenvalue weighted by Crippen LogP contribution is -2.48. The molecule has 33 heavy (non-hydrogen) atoms. The van der Waals surface area contributed by atoms with Gasteiger partial charge in [-0.2, -0.15) is 5.10 Å². The van der Waals surface area contributed by atoms with E-state index >= 15 is 0 Å². The number of hydrogen-bond donors (Lipinski definition) is 2. The Labute approximate surface area is 199 Å². The summed E-state index contributed by atoms with van der Waals surface area (Å²) in [5.41, 5.74) is 7.05. The summed E-state index contributed by atoms with van der Waals surface area (Å²) >= 11 is 0. The lowest BCUT2D eigenvalue weighted by Gasteiger charge is -2.52. The number of aryl methyl sites for hydroxylation is 1. The van der Waals surface area contributed by atoms with Crippen molar-refractivity contribution in [1.29, 1.82) is 0 Å². The first-order valence-electron chi connectivity index (χ1n) is 14.0. The van der Waals surface area contributed by atoms with Gasteiger partial charge in [0, 0.05) is 17.7 Å². The van der Waals surface area contributed by atoms with E-state index in [1.165, 1.54) is 63.5 Å². The molecule has 2 aliphatic heterocycles. The third-order valence-electron chi connectivity index (χ3n) is 11.9. The average Bonchev–Trinajstić information content (AvgIpc) is 3.45. The molecule has 1 spiro atoms. The first-order chi connectivity index (χ1) is 15.9. The lowest BCUT2D eigenvalue weighted by atomic mass is 9.52. The van der Waals surface area contributed by atoms with Gasteiger partial charge < -0.3 is 10.1 Å². The Bertz CT molecular complexity index is 981. The molecule has 7 rings (SSSR count). The van der Waals surface area contributed by atoms with Crippen LogP contribution in [-0.2, 0) is 11.2 Å². The van der Waals surface area contributed by atoms with Gasteiger partial charge in [0.05, 0.1) is 17.9 Å². The molecule has 4 heteroatoms. The predicted molar refractivity (Wildman–Crippen MR) is 131 cm³/mol. The van der Waals surface area contributed by atoms with E-state index in [1.807, 2.05) is 5.57 Å². The van der Waals surface area contributed by atoms with Crippen LogP contribution in [0.4, 0.5) is 0 Å². The van der Waals surface area contributed by atoms with Gasteiger partial charge in [-0.15, -0.1) is 0 Å². The highest BCUT2D eigenvalue weighted by Gasteiger charge is 2.59. The second kappa shape index (κ2) is 7.20. The molecule has 0 bridgehead atoms. The van der Waals surface area contributed by atoms with Crippen LogP contribution in [0.3, 0.4) is 0 Å². The minimum absolute atomic E-state index is 0.0704. The molecule has 2 saturated carbocycles. The molecule has 0 radical (unpaired) electrons. The molecule has 0 aromatic carbocycles. The molecule has 4 nitrogen and oxygen atoms in total. The summed E-state index contributed by atoms with van der Waals surface area (Å²) in [4.78, 5) is 0. The minimum Gasteiger partial charge on any atom is -0.369 e. The van der Waals surface area contributed by atoms with E-state index in [0.29, 0.717) is 29.4 Å². The van der Waals surface area contributed by atoms with Crippen LogP contribution >= 0.6 is 0 Å². The SMILES string of the molecule is CC1=C2C[C@H]3C(CC[C@@H]4c5cn[nH]c5CC[C@@]43C)C2CC[C@@]2(C1)OC1C[C@H](C)CN[C@H]1C2C. The fourth-order valence-corrected chi connectivity index (χ4v) is 10.1. The monoisotopic (exact) mass is 449 g/mol. The first-order valence-corrected chi connectivity index (χ1v) is 14.0. The van der Waals surface area contributed by atoms with Crippen molar-refractivity contribution >= 4 is 0 Å². The van der Waals surface area contributed by atoms with Gasteiger partial charge in [-0.05, 0) is 112 Å². The van der Waals surface area contributed by atoms with Crippen LogP contribution in [-0.4, -0.2) is 34.5 Å². The zero-order chi connectivity index (χ0) is 22.5. The number of aromatic amines is 1. The second-order valence-corrected chi connectivity index (χ2v) is 13.3. The fraction of sp³-hybridized carbons (Fsp3) is 0.828. The highest BCUT2D eigenvalue weighted by Crippen LogP contribution is 2.66. The number of nitrogens with zero attached hydrogens (tertiary/aromatic N) is 1. The molecular formula is C29H43N3O. The van der Waals surface area contributed by atoms with Crippen molar-refractivity contribution in [2.75, 3.05) is 6.54 Å². The number of piperidine rings is 1. The molecular weight excluding hydrogens is 406 g/mol. The van der Waals surface area contributed by atoms with Gasteiger partial charge in [-0.3, -0.25) is 5.10 Å². The molecule has 4 aliphatic carbocycles. The van der Waals surface area contributed by atoms with Gasteiger partial charge in [0.1, 0.15) is 0 Å². The Morgan fingerprint density at radius 3 is 2.91 bits per heavy atom. The van der Waals surface area contributed by atoms with E-state index in [1.54, 1.807) is 11.1 Å². The van der Waals surface area contributed by atoms with E-state index in [4.69, 9.17) is 4.74 Å². The molecule has 6 aliphatic rings. The molecule has 1 aromatic rings. The number of aromatic nitrogens is 2. The Morgan fingerprint density at radius 2 is 2.03 bits per heavy atom. The van der Waals surface area contributed by atoms with Crippen molar-refractivity contribution in [3.63, 3.8) is 0 Å². The highest BCUT2D eigenvalue weighted by molar-refractivity contribution is 5.34. The van der Waals surface area contributed by atoms with Crippen molar-refractivity contribution in [3.8, 4) is 0 Å². The fourth-order valence-electron chi connectivity index (χ4n) is 10.1. The van der Waals surface area contributed by atoms with Crippen molar-refractivity contribution < 1.29 is 4.74 Å². The van der Waals surface area contributed by atoms with Crippen LogP contribution in [0.2, 0.25) is 0 Å². The summed E-state index contributed by atoms with van der Waals surface area (Å²) in [6.07, 6.45) is 14.3. The Hall–Kier alpha value is -1.13. The van der Waals surface area contributed by atoms with Gasteiger partial charge in [-0.25, -0.2) is 0 Å². The summed E-state index contributed by atoms with van der Waals surface area (Å²) < 4.78 is 7.06. The van der Waals surface area contributed by atoms with Crippen LogP contribution in [0, 0.1) is 35.0 Å². The Kier molecular flexibility index (Phi) is 4.62. The molecule has 3 heterocycles. The van der Waals surface area contributed by atoms with Crippen LogP contribution in [0.25, 0.3) is 0 Å². The van der Waals surface area contributed by atoms with Crippen LogP contribution in [0.1, 0.15) is 96.2 Å². The van der Waals surface area contributed by atoms with E-state index in [-0.39, 0.29) is 5.60 Å². The van der Waals surface area contributed by atoms with E-state index in [2.05, 4.69) is 49.4 Å². The van der Waals surface area contributed by atoms with Gasteiger partial charge in [-0.1, -0.05) is 31.9 Å². The predicted octanol–water partition coefficient (Wildman–Crippen LogP) is 5.76. The average molecular weight is 450 g/mol. The van der Waals surface area contributed by atoms with Crippen molar-refractivity contribution in [3.05, 3.63) is 28.6 Å². The molecule has 1 aromatic heterocycles. The van der Waals surface area contributed by atoms with Crippen molar-refractivity contribution in [1.82, 2.24) is 15.5 Å². The van der Waals surface area contributed by atoms with Gasteiger partial charge in [0.2, 0.25) is 0 Å². The van der Waals surface area contributed by atoms with Gasteiger partial charge in [0.25, 0.3) is 0 Å². The normalized spacial score (nSPS) is 50.9. The number of allylic oxidation sites excluding steroid dienone is 1. The summed E-state index contributed by atoms with van der Waals surface area (Å²) in [6, 6.07) is 0.561. The van der Waals surface area contributed by atoms with E-state index < -0.39 is 0 Å². The minimum atomic E-state index is 0.0704. The Morgan fingerprint density at radius 1 is 1.15 bits per heavy atom. The number of rotatable bonds is 0.